The zero-order chi connectivity index (χ0) is 13.5. The number of anilines is 1. The standard InChI is InChI=1S/C10H9N.3CO.Fe/c1-2-5-9(6-3-1)11-10-7-4-8-10;3*1-2;/h1-8,11H;;;;. The summed E-state index contributed by atoms with van der Waals surface area (Å²) in [5.41, 5.74) is 2.32. The second-order valence-electron chi connectivity index (χ2n) is 2.47. The number of rotatable bonds is 2. The van der Waals surface area contributed by atoms with Gasteiger partial charge in [-0.3, -0.25) is 0 Å². The van der Waals surface area contributed by atoms with E-state index in [4.69, 9.17) is 14.0 Å². The summed E-state index contributed by atoms with van der Waals surface area (Å²) >= 11 is 0. The average molecular weight is 283 g/mol. The SMILES string of the molecule is C1=CC(Nc2ccccc2)=C1.[C-]#[O+].[C-]#[O+].[C-]#[O+].[Fe]. The van der Waals surface area contributed by atoms with Crippen molar-refractivity contribution in [2.24, 2.45) is 0 Å². The summed E-state index contributed by atoms with van der Waals surface area (Å²) in [6, 6.07) is 10.1. The summed E-state index contributed by atoms with van der Waals surface area (Å²) < 4.78 is 22.5. The molecule has 0 bridgehead atoms. The van der Waals surface area contributed by atoms with Crippen molar-refractivity contribution in [1.29, 1.82) is 0 Å². The Labute approximate surface area is 116 Å². The first kappa shape index (κ1) is 21.5. The molecule has 5 heteroatoms. The van der Waals surface area contributed by atoms with Gasteiger partial charge in [0.1, 0.15) is 0 Å². The number of nitrogens with one attached hydrogen (secondary N) is 1. The fourth-order valence-corrected chi connectivity index (χ4v) is 0.964. The summed E-state index contributed by atoms with van der Waals surface area (Å²) in [6.07, 6.45) is 6.12. The molecule has 0 amide bonds. The van der Waals surface area contributed by atoms with Crippen LogP contribution in [-0.4, -0.2) is 0 Å². The molecule has 1 aromatic carbocycles. The van der Waals surface area contributed by atoms with Gasteiger partial charge in [-0.2, -0.15) is 0 Å². The van der Waals surface area contributed by atoms with Crippen LogP contribution in [0, 0.1) is 20.0 Å². The Morgan fingerprint density at radius 3 is 1.61 bits per heavy atom. The molecule has 1 aliphatic carbocycles. The van der Waals surface area contributed by atoms with Crippen LogP contribution in [0.4, 0.5) is 5.69 Å². The Balaban J connectivity index is -0.000000285. The van der Waals surface area contributed by atoms with Gasteiger partial charge in [-0.1, -0.05) is 24.3 Å². The molecule has 2 rings (SSSR count). The quantitative estimate of drug-likeness (QED) is 0.505. The largest absolute Gasteiger partial charge is 0 e. The summed E-state index contributed by atoms with van der Waals surface area (Å²) in [5, 5.41) is 3.25. The van der Waals surface area contributed by atoms with Gasteiger partial charge >= 0.3 is 33.9 Å². The Kier molecular flexibility index (Phi) is 21.1. The van der Waals surface area contributed by atoms with Crippen molar-refractivity contribution >= 4 is 5.69 Å². The van der Waals surface area contributed by atoms with Crippen LogP contribution >= 0.6 is 0 Å². The van der Waals surface area contributed by atoms with Gasteiger partial charge in [-0.15, -0.1) is 0 Å². The molecule has 0 atom stereocenters. The number of hydrogen-bond acceptors (Lipinski definition) is 1. The monoisotopic (exact) mass is 283 g/mol. The van der Waals surface area contributed by atoms with Crippen LogP contribution in [0.3, 0.4) is 0 Å². The first-order valence-corrected chi connectivity index (χ1v) is 4.27. The van der Waals surface area contributed by atoms with Gasteiger partial charge in [0.15, 0.2) is 0 Å². The van der Waals surface area contributed by atoms with E-state index in [0.717, 1.165) is 5.69 Å². The molecule has 0 saturated carbocycles. The second-order valence-corrected chi connectivity index (χ2v) is 2.47. The van der Waals surface area contributed by atoms with Gasteiger partial charge in [0.25, 0.3) is 0 Å². The van der Waals surface area contributed by atoms with Crippen molar-refractivity contribution in [2.75, 3.05) is 5.32 Å². The molecule has 0 saturated heterocycles. The molecule has 4 nitrogen and oxygen atoms in total. The molecule has 0 fully saturated rings. The number of benzene rings is 1. The van der Waals surface area contributed by atoms with E-state index >= 15 is 0 Å². The second kappa shape index (κ2) is 17.6. The molecule has 0 aromatic heterocycles. The molecular formula is C13H9FeNO3. The number of allylic oxidation sites excluding steroid dienone is 3. The third kappa shape index (κ3) is 9.46. The van der Waals surface area contributed by atoms with E-state index in [2.05, 4.69) is 25.3 Å². The van der Waals surface area contributed by atoms with Crippen molar-refractivity contribution in [2.45, 2.75) is 0 Å². The topological polar surface area (TPSA) is 71.7 Å². The molecule has 0 aliphatic heterocycles. The van der Waals surface area contributed by atoms with E-state index in [0.29, 0.717) is 0 Å². The molecule has 0 spiro atoms. The van der Waals surface area contributed by atoms with Crippen molar-refractivity contribution < 1.29 is 31.0 Å². The van der Waals surface area contributed by atoms with Gasteiger partial charge in [0.2, 0.25) is 0 Å². The maximum Gasteiger partial charge on any atom is 0 e. The van der Waals surface area contributed by atoms with E-state index in [1.165, 1.54) is 5.70 Å². The fourth-order valence-electron chi connectivity index (χ4n) is 0.964. The molecule has 0 unspecified atom stereocenters. The first-order chi connectivity index (χ1) is 8.45. The van der Waals surface area contributed by atoms with E-state index in [1.54, 1.807) is 0 Å². The normalized spacial score (nSPS) is 8.67. The van der Waals surface area contributed by atoms with Crippen molar-refractivity contribution in [3.05, 3.63) is 74.2 Å². The van der Waals surface area contributed by atoms with Crippen LogP contribution in [-0.2, 0) is 31.0 Å². The molecule has 0 radical (unpaired) electrons. The first-order valence-electron chi connectivity index (χ1n) is 4.27. The molecule has 18 heavy (non-hydrogen) atoms. The maximum absolute atomic E-state index is 7.50. The molecular weight excluding hydrogens is 274 g/mol. The Morgan fingerprint density at radius 2 is 1.28 bits per heavy atom. The van der Waals surface area contributed by atoms with Crippen LogP contribution in [0.1, 0.15) is 0 Å². The van der Waals surface area contributed by atoms with Gasteiger partial charge < -0.3 is 5.32 Å². The Morgan fingerprint density at radius 1 is 0.833 bits per heavy atom. The van der Waals surface area contributed by atoms with Gasteiger partial charge in [-0.25, -0.2) is 0 Å². The summed E-state index contributed by atoms with van der Waals surface area (Å²) in [5.74, 6) is 0. The Bertz CT molecular complexity index is 405. The summed E-state index contributed by atoms with van der Waals surface area (Å²) in [4.78, 5) is 0. The zero-order valence-corrected chi connectivity index (χ0v) is 10.3. The van der Waals surface area contributed by atoms with Gasteiger partial charge in [-0.05, 0) is 24.3 Å². The summed E-state index contributed by atoms with van der Waals surface area (Å²) in [6.45, 7) is 13.5. The minimum Gasteiger partial charge on any atom is 0 e. The number of hydrogen-bond donors (Lipinski definition) is 1. The van der Waals surface area contributed by atoms with E-state index in [9.17, 15) is 0 Å². The smallest absolute Gasteiger partial charge is 0 e. The van der Waals surface area contributed by atoms with Crippen LogP contribution in [0.25, 0.3) is 0 Å². The molecule has 0 heterocycles. The molecule has 1 aliphatic rings. The third-order valence-corrected chi connectivity index (χ3v) is 1.61. The Hall–Kier alpha value is -1.76. The van der Waals surface area contributed by atoms with E-state index < -0.39 is 0 Å². The average Bonchev–Trinajstić information content (AvgIpc) is 2.42. The predicted octanol–water partition coefficient (Wildman–Crippen LogP) is 2.44. The minimum absolute atomic E-state index is 0. The van der Waals surface area contributed by atoms with Crippen molar-refractivity contribution in [1.82, 2.24) is 0 Å². The third-order valence-electron chi connectivity index (χ3n) is 1.61. The predicted molar refractivity (Wildman–Crippen MR) is 59.1 cm³/mol. The molecule has 1 aromatic rings. The molecule has 92 valence electrons. The minimum atomic E-state index is 0. The number of para-hydroxylation sites is 1. The van der Waals surface area contributed by atoms with E-state index in [1.807, 2.05) is 48.6 Å². The van der Waals surface area contributed by atoms with E-state index in [-0.39, 0.29) is 17.1 Å². The van der Waals surface area contributed by atoms with Gasteiger partial charge in [0, 0.05) is 28.5 Å². The zero-order valence-electron chi connectivity index (χ0n) is 9.20. The van der Waals surface area contributed by atoms with Crippen molar-refractivity contribution in [3.8, 4) is 0 Å². The van der Waals surface area contributed by atoms with Gasteiger partial charge in [0.05, 0.1) is 0 Å². The van der Waals surface area contributed by atoms with Crippen molar-refractivity contribution in [3.63, 3.8) is 0 Å². The fraction of sp³-hybridized carbons (Fsp3) is 0. The van der Waals surface area contributed by atoms with Crippen LogP contribution in [0.5, 0.6) is 0 Å². The van der Waals surface area contributed by atoms with Crippen LogP contribution in [0.2, 0.25) is 0 Å². The summed E-state index contributed by atoms with van der Waals surface area (Å²) in [7, 11) is 0. The maximum atomic E-state index is 7.50. The molecule has 1 N–H and O–H groups in total. The van der Waals surface area contributed by atoms with Crippen LogP contribution < -0.4 is 5.32 Å². The van der Waals surface area contributed by atoms with Crippen LogP contribution in [0.15, 0.2) is 54.3 Å².